The van der Waals surface area contributed by atoms with Gasteiger partial charge < -0.3 is 4.74 Å². The summed E-state index contributed by atoms with van der Waals surface area (Å²) in [6.07, 6.45) is 1.24. The van der Waals surface area contributed by atoms with Crippen molar-refractivity contribution in [1.29, 1.82) is 0 Å². The highest BCUT2D eigenvalue weighted by Crippen LogP contribution is 2.38. The lowest BCUT2D eigenvalue weighted by molar-refractivity contribution is 0.0594. The Morgan fingerprint density at radius 2 is 1.95 bits per heavy atom. The first-order chi connectivity index (χ1) is 9.45. The Labute approximate surface area is 129 Å². The van der Waals surface area contributed by atoms with Gasteiger partial charge in [-0.25, -0.2) is 9.78 Å². The number of carbonyl (C=O) groups excluding carboxylic acids is 1. The van der Waals surface area contributed by atoms with Gasteiger partial charge in [-0.3, -0.25) is 0 Å². The van der Waals surface area contributed by atoms with Crippen LogP contribution in [0.25, 0.3) is 11.1 Å². The molecule has 3 nitrogen and oxygen atoms in total. The number of aromatic nitrogens is 1. The second kappa shape index (κ2) is 5.95. The van der Waals surface area contributed by atoms with Crippen molar-refractivity contribution >= 4 is 40.8 Å². The Bertz CT molecular complexity index is 692. The zero-order valence-corrected chi connectivity index (χ0v) is 12.4. The molecule has 0 spiro atoms. The quantitative estimate of drug-likeness (QED) is 0.456. The van der Waals surface area contributed by atoms with Gasteiger partial charge in [0.25, 0.3) is 0 Å². The minimum absolute atomic E-state index is 0.176. The summed E-state index contributed by atoms with van der Waals surface area (Å²) >= 11 is 17.9. The van der Waals surface area contributed by atoms with E-state index in [0.29, 0.717) is 16.1 Å². The first-order valence-corrected chi connectivity index (χ1v) is 6.46. The molecule has 1 heterocycles. The Hall–Kier alpha value is -1.36. The van der Waals surface area contributed by atoms with Crippen molar-refractivity contribution in [2.75, 3.05) is 7.11 Å². The zero-order chi connectivity index (χ0) is 14.9. The van der Waals surface area contributed by atoms with Gasteiger partial charge in [0.2, 0.25) is 5.95 Å². The number of hydrogen-bond acceptors (Lipinski definition) is 3. The Morgan fingerprint density at radius 3 is 2.60 bits per heavy atom. The molecule has 0 atom stereocenters. The smallest absolute Gasteiger partial charge is 0.342 e. The van der Waals surface area contributed by atoms with Crippen LogP contribution in [0.3, 0.4) is 0 Å². The van der Waals surface area contributed by atoms with Crippen LogP contribution in [0.5, 0.6) is 0 Å². The third-order valence-electron chi connectivity index (χ3n) is 2.59. The van der Waals surface area contributed by atoms with Crippen molar-refractivity contribution < 1.29 is 13.9 Å². The van der Waals surface area contributed by atoms with E-state index in [0.717, 1.165) is 7.11 Å². The number of carbonyl (C=O) groups is 1. The Kier molecular flexibility index (Phi) is 4.48. The summed E-state index contributed by atoms with van der Waals surface area (Å²) < 4.78 is 18.0. The van der Waals surface area contributed by atoms with Crippen LogP contribution in [0.4, 0.5) is 4.39 Å². The predicted molar refractivity (Wildman–Crippen MR) is 76.0 cm³/mol. The van der Waals surface area contributed by atoms with Crippen LogP contribution < -0.4 is 0 Å². The molecule has 0 N–H and O–H groups in total. The Morgan fingerprint density at radius 1 is 1.25 bits per heavy atom. The molecule has 0 saturated carbocycles. The number of hydrogen-bond donors (Lipinski definition) is 0. The number of methoxy groups -OCH3 is 1. The minimum atomic E-state index is -0.920. The average Bonchev–Trinajstić information content (AvgIpc) is 2.45. The van der Waals surface area contributed by atoms with Crippen LogP contribution in [-0.4, -0.2) is 18.1 Å². The molecule has 0 aliphatic rings. The molecule has 0 radical (unpaired) electrons. The second-order valence-corrected chi connectivity index (χ2v) is 4.94. The largest absolute Gasteiger partial charge is 0.465 e. The molecule has 0 amide bonds. The van der Waals surface area contributed by atoms with Gasteiger partial charge in [0.1, 0.15) is 5.56 Å². The van der Waals surface area contributed by atoms with Gasteiger partial charge in [-0.05, 0) is 12.1 Å². The maximum atomic E-state index is 13.5. The van der Waals surface area contributed by atoms with Crippen LogP contribution >= 0.6 is 34.8 Å². The number of rotatable bonds is 2. The summed E-state index contributed by atoms with van der Waals surface area (Å²) in [5.41, 5.74) is 0.626. The first kappa shape index (κ1) is 15.0. The van der Waals surface area contributed by atoms with E-state index in [4.69, 9.17) is 34.8 Å². The van der Waals surface area contributed by atoms with Crippen molar-refractivity contribution in [3.63, 3.8) is 0 Å². The fraction of sp³-hybridized carbons (Fsp3) is 0.0769. The number of nitrogens with zero attached hydrogens (tertiary/aromatic N) is 1. The van der Waals surface area contributed by atoms with Crippen molar-refractivity contribution in [3.8, 4) is 11.1 Å². The maximum Gasteiger partial charge on any atom is 0.342 e. The maximum absolute atomic E-state index is 13.5. The Balaban J connectivity index is 2.60. The minimum Gasteiger partial charge on any atom is -0.465 e. The third kappa shape index (κ3) is 2.73. The lowest BCUT2D eigenvalue weighted by Crippen LogP contribution is -2.06. The highest BCUT2D eigenvalue weighted by molar-refractivity contribution is 6.49. The summed E-state index contributed by atoms with van der Waals surface area (Å²) in [6.45, 7) is 0. The summed E-state index contributed by atoms with van der Waals surface area (Å²) in [4.78, 5) is 15.0. The molecule has 0 bridgehead atoms. The molecule has 1 aromatic heterocycles. The molecule has 0 unspecified atom stereocenters. The van der Waals surface area contributed by atoms with Gasteiger partial charge in [0, 0.05) is 17.3 Å². The van der Waals surface area contributed by atoms with Gasteiger partial charge >= 0.3 is 5.97 Å². The third-order valence-corrected chi connectivity index (χ3v) is 3.88. The summed E-state index contributed by atoms with van der Waals surface area (Å²) in [7, 11) is 1.15. The molecular formula is C13H7Cl3FNO2. The van der Waals surface area contributed by atoms with E-state index in [2.05, 4.69) is 9.72 Å². The van der Waals surface area contributed by atoms with E-state index in [1.807, 2.05) is 0 Å². The average molecular weight is 335 g/mol. The van der Waals surface area contributed by atoms with Crippen molar-refractivity contribution in [1.82, 2.24) is 4.98 Å². The molecule has 104 valence electrons. The van der Waals surface area contributed by atoms with Crippen LogP contribution in [0, 0.1) is 5.95 Å². The van der Waals surface area contributed by atoms with E-state index in [9.17, 15) is 9.18 Å². The number of halogens is 4. The first-order valence-electron chi connectivity index (χ1n) is 5.33. The highest BCUT2D eigenvalue weighted by Gasteiger charge is 2.17. The van der Waals surface area contributed by atoms with Gasteiger partial charge in [0.05, 0.1) is 22.2 Å². The van der Waals surface area contributed by atoms with Crippen LogP contribution in [-0.2, 0) is 4.74 Å². The van der Waals surface area contributed by atoms with Crippen LogP contribution in [0.2, 0.25) is 15.1 Å². The fourth-order valence-electron chi connectivity index (χ4n) is 1.60. The molecular weight excluding hydrogens is 328 g/mol. The summed E-state index contributed by atoms with van der Waals surface area (Å²) in [5.74, 6) is -1.75. The molecule has 2 rings (SSSR count). The molecule has 2 aromatic rings. The SMILES string of the molecule is COC(=O)c1cc(-c2ccc(Cl)c(Cl)c2Cl)cnc1F. The normalized spacial score (nSPS) is 10.4. The van der Waals surface area contributed by atoms with E-state index >= 15 is 0 Å². The molecule has 0 saturated heterocycles. The topological polar surface area (TPSA) is 39.2 Å². The van der Waals surface area contributed by atoms with E-state index in [1.165, 1.54) is 12.3 Å². The highest BCUT2D eigenvalue weighted by atomic mass is 35.5. The van der Waals surface area contributed by atoms with Crippen molar-refractivity contribution in [2.45, 2.75) is 0 Å². The van der Waals surface area contributed by atoms with Gasteiger partial charge in [0.15, 0.2) is 0 Å². The molecule has 7 heteroatoms. The summed E-state index contributed by atoms with van der Waals surface area (Å²) in [5, 5.41) is 0.668. The zero-order valence-electron chi connectivity index (χ0n) is 10.1. The molecule has 0 aliphatic carbocycles. The molecule has 1 aromatic carbocycles. The van der Waals surface area contributed by atoms with Crippen LogP contribution in [0.1, 0.15) is 10.4 Å². The lowest BCUT2D eigenvalue weighted by Gasteiger charge is -2.08. The van der Waals surface area contributed by atoms with Gasteiger partial charge in [-0.15, -0.1) is 0 Å². The van der Waals surface area contributed by atoms with E-state index in [-0.39, 0.29) is 15.6 Å². The number of ether oxygens (including phenoxy) is 1. The van der Waals surface area contributed by atoms with Gasteiger partial charge in [-0.2, -0.15) is 4.39 Å². The fourth-order valence-corrected chi connectivity index (χ4v) is 2.24. The number of pyridine rings is 1. The van der Waals surface area contributed by atoms with Crippen molar-refractivity contribution in [3.05, 3.63) is 51.0 Å². The second-order valence-electron chi connectivity index (χ2n) is 3.78. The van der Waals surface area contributed by atoms with Crippen molar-refractivity contribution in [2.24, 2.45) is 0 Å². The number of esters is 1. The van der Waals surface area contributed by atoms with E-state index < -0.39 is 11.9 Å². The van der Waals surface area contributed by atoms with E-state index in [1.54, 1.807) is 12.1 Å². The standard InChI is InChI=1S/C13H7Cl3FNO2/c1-20-13(19)8-4-6(5-18-12(8)17)7-2-3-9(14)11(16)10(7)15/h2-5H,1H3. The van der Waals surface area contributed by atoms with Gasteiger partial charge in [-0.1, -0.05) is 40.9 Å². The lowest BCUT2D eigenvalue weighted by atomic mass is 10.1. The predicted octanol–water partition coefficient (Wildman–Crippen LogP) is 4.63. The van der Waals surface area contributed by atoms with Crippen LogP contribution in [0.15, 0.2) is 24.4 Å². The summed E-state index contributed by atoms with van der Waals surface area (Å²) in [6, 6.07) is 4.44. The molecule has 20 heavy (non-hydrogen) atoms. The monoisotopic (exact) mass is 333 g/mol. The number of benzene rings is 1. The molecule has 0 aliphatic heterocycles. The molecule has 0 fully saturated rings.